The number of hydrazine groups is 1. The third kappa shape index (κ3) is 2.11. The molecule has 7 nitrogen and oxygen atoms in total. The molecule has 0 aliphatic carbocycles. The minimum atomic E-state index is 0.376. The topological polar surface area (TPSA) is 93.7 Å². The van der Waals surface area contributed by atoms with E-state index in [2.05, 4.69) is 25.8 Å². The Morgan fingerprint density at radius 2 is 2.21 bits per heavy atom. The van der Waals surface area contributed by atoms with Crippen LogP contribution in [0.2, 0.25) is 0 Å². The summed E-state index contributed by atoms with van der Waals surface area (Å²) in [7, 11) is 1.90. The molecule has 0 spiro atoms. The van der Waals surface area contributed by atoms with Crippen LogP contribution in [0.5, 0.6) is 0 Å². The Morgan fingerprint density at radius 3 is 2.89 bits per heavy atom. The molecule has 0 saturated carbocycles. The fourth-order valence-corrected chi connectivity index (χ4v) is 2.53. The molecule has 98 valence electrons. The first-order chi connectivity index (χ1) is 9.17. The lowest BCUT2D eigenvalue weighted by molar-refractivity contribution is 0.743. The third-order valence-electron chi connectivity index (χ3n) is 2.79. The number of hydrogen-bond donors (Lipinski definition) is 3. The van der Waals surface area contributed by atoms with Crippen LogP contribution in [0.4, 0.5) is 17.6 Å². The van der Waals surface area contributed by atoms with E-state index in [9.17, 15) is 0 Å². The minimum absolute atomic E-state index is 0.376. The Bertz CT molecular complexity index is 710. The first-order valence-electron chi connectivity index (χ1n) is 5.67. The Hall–Kier alpha value is -2.19. The van der Waals surface area contributed by atoms with Gasteiger partial charge in [-0.1, -0.05) is 0 Å². The molecule has 0 aromatic carbocycles. The number of thiophene rings is 1. The van der Waals surface area contributed by atoms with Crippen LogP contribution in [0.3, 0.4) is 0 Å². The molecule has 0 aliphatic rings. The van der Waals surface area contributed by atoms with E-state index in [-0.39, 0.29) is 0 Å². The number of nitrogens with one attached hydrogen (secondary N) is 2. The molecule has 0 unspecified atom stereocenters. The molecule has 0 amide bonds. The van der Waals surface area contributed by atoms with Crippen molar-refractivity contribution in [3.05, 3.63) is 23.2 Å². The fraction of sp³-hybridized carbons (Fsp3) is 0.182. The summed E-state index contributed by atoms with van der Waals surface area (Å²) in [6, 6.07) is 3.88. The molecule has 4 N–H and O–H groups in total. The molecule has 0 saturated heterocycles. The van der Waals surface area contributed by atoms with Gasteiger partial charge >= 0.3 is 0 Å². The highest BCUT2D eigenvalue weighted by atomic mass is 32.1. The van der Waals surface area contributed by atoms with Crippen molar-refractivity contribution in [1.82, 2.24) is 19.7 Å². The average molecular weight is 275 g/mol. The van der Waals surface area contributed by atoms with E-state index < -0.39 is 0 Å². The molecular formula is C11H13N7S. The van der Waals surface area contributed by atoms with Crippen molar-refractivity contribution in [2.75, 3.05) is 10.7 Å². The van der Waals surface area contributed by atoms with Gasteiger partial charge in [-0.15, -0.1) is 11.3 Å². The van der Waals surface area contributed by atoms with Gasteiger partial charge in [0.2, 0.25) is 5.95 Å². The molecule has 8 heteroatoms. The number of hydrogen-bond acceptors (Lipinski definition) is 7. The van der Waals surface area contributed by atoms with E-state index in [0.29, 0.717) is 11.8 Å². The van der Waals surface area contributed by atoms with Gasteiger partial charge in [-0.3, -0.25) is 10.1 Å². The van der Waals surface area contributed by atoms with E-state index in [1.54, 1.807) is 16.0 Å². The second-order valence-corrected chi connectivity index (χ2v) is 5.01. The second-order valence-electron chi connectivity index (χ2n) is 4.09. The van der Waals surface area contributed by atoms with Crippen molar-refractivity contribution >= 4 is 39.1 Å². The van der Waals surface area contributed by atoms with Crippen LogP contribution in [0.25, 0.3) is 10.2 Å². The van der Waals surface area contributed by atoms with E-state index in [1.807, 2.05) is 31.5 Å². The van der Waals surface area contributed by atoms with Crippen molar-refractivity contribution in [3.63, 3.8) is 0 Å². The molecule has 0 aliphatic heterocycles. The average Bonchev–Trinajstić information content (AvgIpc) is 2.97. The molecule has 3 aromatic heterocycles. The number of fused-ring (bicyclic) bond motifs is 1. The zero-order valence-electron chi connectivity index (χ0n) is 10.5. The Kier molecular flexibility index (Phi) is 2.80. The highest BCUT2D eigenvalue weighted by molar-refractivity contribution is 7.17. The summed E-state index contributed by atoms with van der Waals surface area (Å²) in [5.74, 6) is 7.20. The Morgan fingerprint density at radius 1 is 1.37 bits per heavy atom. The van der Waals surface area contributed by atoms with Crippen LogP contribution < -0.4 is 16.6 Å². The van der Waals surface area contributed by atoms with Gasteiger partial charge < -0.3 is 5.32 Å². The van der Waals surface area contributed by atoms with E-state index in [1.165, 1.54) is 0 Å². The normalized spacial score (nSPS) is 10.9. The number of nitrogens with two attached hydrogens (primary N) is 1. The Labute approximate surface area is 113 Å². The SMILES string of the molecule is Cc1cc(Nc2nc(NN)nc3ccsc23)nn1C. The maximum absolute atomic E-state index is 5.38. The van der Waals surface area contributed by atoms with E-state index in [0.717, 1.165) is 21.7 Å². The lowest BCUT2D eigenvalue weighted by Gasteiger charge is -2.05. The van der Waals surface area contributed by atoms with Gasteiger partial charge in [0.15, 0.2) is 11.6 Å². The molecule has 3 aromatic rings. The molecule has 0 atom stereocenters. The predicted octanol–water partition coefficient (Wildman–Crippen LogP) is 1.76. The lowest BCUT2D eigenvalue weighted by Crippen LogP contribution is -2.11. The first kappa shape index (κ1) is 11.9. The summed E-state index contributed by atoms with van der Waals surface area (Å²) >= 11 is 1.57. The summed E-state index contributed by atoms with van der Waals surface area (Å²) in [6.45, 7) is 1.99. The van der Waals surface area contributed by atoms with Gasteiger partial charge in [-0.05, 0) is 18.4 Å². The van der Waals surface area contributed by atoms with Crippen LogP contribution in [0.15, 0.2) is 17.5 Å². The second kappa shape index (κ2) is 4.48. The highest BCUT2D eigenvalue weighted by Gasteiger charge is 2.10. The summed E-state index contributed by atoms with van der Waals surface area (Å²) < 4.78 is 2.78. The van der Waals surface area contributed by atoms with Crippen molar-refractivity contribution in [2.45, 2.75) is 6.92 Å². The summed E-state index contributed by atoms with van der Waals surface area (Å²) in [5.41, 5.74) is 4.38. The summed E-state index contributed by atoms with van der Waals surface area (Å²) in [6.07, 6.45) is 0. The van der Waals surface area contributed by atoms with Crippen LogP contribution in [-0.2, 0) is 7.05 Å². The molecule has 3 heterocycles. The number of nitrogen functional groups attached to an aromatic ring is 1. The number of nitrogens with zero attached hydrogens (tertiary/aromatic N) is 4. The number of anilines is 3. The molecular weight excluding hydrogens is 262 g/mol. The maximum Gasteiger partial charge on any atom is 0.239 e. The smallest absolute Gasteiger partial charge is 0.239 e. The van der Waals surface area contributed by atoms with Gasteiger partial charge in [0.25, 0.3) is 0 Å². The molecule has 0 bridgehead atoms. The minimum Gasteiger partial charge on any atom is -0.322 e. The monoisotopic (exact) mass is 275 g/mol. The third-order valence-corrected chi connectivity index (χ3v) is 3.70. The summed E-state index contributed by atoms with van der Waals surface area (Å²) in [4.78, 5) is 8.60. The van der Waals surface area contributed by atoms with Gasteiger partial charge in [-0.2, -0.15) is 10.1 Å². The molecule has 0 radical (unpaired) electrons. The van der Waals surface area contributed by atoms with Gasteiger partial charge in [-0.25, -0.2) is 10.8 Å². The van der Waals surface area contributed by atoms with Gasteiger partial charge in [0.1, 0.15) is 0 Å². The predicted molar refractivity (Wildman–Crippen MR) is 76.5 cm³/mol. The van der Waals surface area contributed by atoms with Crippen molar-refractivity contribution in [1.29, 1.82) is 0 Å². The van der Waals surface area contributed by atoms with Gasteiger partial charge in [0.05, 0.1) is 10.2 Å². The van der Waals surface area contributed by atoms with Crippen molar-refractivity contribution in [3.8, 4) is 0 Å². The van der Waals surface area contributed by atoms with Crippen molar-refractivity contribution < 1.29 is 0 Å². The molecule has 19 heavy (non-hydrogen) atoms. The zero-order valence-corrected chi connectivity index (χ0v) is 11.3. The zero-order chi connectivity index (χ0) is 13.4. The van der Waals surface area contributed by atoms with Crippen molar-refractivity contribution in [2.24, 2.45) is 12.9 Å². The fourth-order valence-electron chi connectivity index (χ4n) is 1.76. The van der Waals surface area contributed by atoms with Crippen LogP contribution in [-0.4, -0.2) is 19.7 Å². The largest absolute Gasteiger partial charge is 0.322 e. The Balaban J connectivity index is 2.05. The maximum atomic E-state index is 5.38. The van der Waals surface area contributed by atoms with Gasteiger partial charge in [0, 0.05) is 18.8 Å². The van der Waals surface area contributed by atoms with E-state index >= 15 is 0 Å². The number of aryl methyl sites for hydroxylation is 2. The number of rotatable bonds is 3. The quantitative estimate of drug-likeness (QED) is 0.498. The number of aromatic nitrogens is 4. The van der Waals surface area contributed by atoms with Crippen LogP contribution in [0.1, 0.15) is 5.69 Å². The van der Waals surface area contributed by atoms with Crippen LogP contribution in [0, 0.1) is 6.92 Å². The first-order valence-corrected chi connectivity index (χ1v) is 6.55. The molecule has 3 rings (SSSR count). The van der Waals surface area contributed by atoms with Crippen LogP contribution >= 0.6 is 11.3 Å². The standard InChI is InChI=1S/C11H13N7S/c1-6-5-8(17-18(6)2)14-10-9-7(3-4-19-9)13-11(15-10)16-12/h3-5H,12H2,1-2H3,(H2,13,14,15,16,17). The summed E-state index contributed by atoms with van der Waals surface area (Å²) in [5, 5.41) is 9.52. The highest BCUT2D eigenvalue weighted by Crippen LogP contribution is 2.29. The van der Waals surface area contributed by atoms with E-state index in [4.69, 9.17) is 5.84 Å². The lowest BCUT2D eigenvalue weighted by atomic mass is 10.4. The molecule has 0 fully saturated rings.